The minimum absolute atomic E-state index is 0.125. The van der Waals surface area contributed by atoms with Crippen LogP contribution in [0.3, 0.4) is 0 Å². The van der Waals surface area contributed by atoms with Crippen LogP contribution in [0.1, 0.15) is 45.8 Å². The number of thioether (sulfide) groups is 1. The Morgan fingerprint density at radius 2 is 1.90 bits per heavy atom. The van der Waals surface area contributed by atoms with E-state index in [1.54, 1.807) is 11.8 Å². The van der Waals surface area contributed by atoms with Crippen LogP contribution in [0.5, 0.6) is 0 Å². The van der Waals surface area contributed by atoms with Crippen molar-refractivity contribution in [1.82, 2.24) is 4.90 Å². The quantitative estimate of drug-likeness (QED) is 0.821. The Balaban J connectivity index is 2.13. The van der Waals surface area contributed by atoms with Crippen LogP contribution in [0.4, 0.5) is 4.79 Å². The third-order valence-corrected chi connectivity index (χ3v) is 4.67. The molecule has 0 radical (unpaired) electrons. The molecule has 3 nitrogen and oxygen atoms in total. The fraction of sp³-hybridized carbons (Fsp3) is 0.562. The smallest absolute Gasteiger partial charge is 0.411 e. The Bertz CT molecular complexity index is 455. The standard InChI is InChI=1S/C16H23NO2S/c1-5-13-14(12-9-7-6-8-10-12)19-15(18)17(13)11-20-16(2,3)4/h6-10,13-14H,5,11H2,1-4H3/t13-,14-/m1/s1. The number of amides is 1. The number of ether oxygens (including phenoxy) is 1. The zero-order chi connectivity index (χ0) is 14.8. The lowest BCUT2D eigenvalue weighted by molar-refractivity contribution is 0.130. The van der Waals surface area contributed by atoms with Crippen molar-refractivity contribution in [2.45, 2.75) is 51.0 Å². The van der Waals surface area contributed by atoms with E-state index in [9.17, 15) is 4.79 Å². The number of carbonyl (C=O) groups is 1. The SMILES string of the molecule is CC[C@@H]1[C@@H](c2ccccc2)OC(=O)N1CSC(C)(C)C. The maximum atomic E-state index is 12.1. The zero-order valence-electron chi connectivity index (χ0n) is 12.6. The number of hydrogen-bond acceptors (Lipinski definition) is 3. The van der Waals surface area contributed by atoms with Gasteiger partial charge in [-0.2, -0.15) is 0 Å². The molecule has 1 aliphatic heterocycles. The molecular formula is C16H23NO2S. The summed E-state index contributed by atoms with van der Waals surface area (Å²) in [5.41, 5.74) is 1.08. The number of benzene rings is 1. The summed E-state index contributed by atoms with van der Waals surface area (Å²) in [7, 11) is 0. The van der Waals surface area contributed by atoms with E-state index in [1.807, 2.05) is 35.2 Å². The largest absolute Gasteiger partial charge is 0.439 e. The van der Waals surface area contributed by atoms with Crippen LogP contribution in [0.15, 0.2) is 30.3 Å². The zero-order valence-corrected chi connectivity index (χ0v) is 13.4. The van der Waals surface area contributed by atoms with Crippen LogP contribution in [0, 0.1) is 0 Å². The molecule has 1 fully saturated rings. The predicted octanol–water partition coefficient (Wildman–Crippen LogP) is 4.45. The summed E-state index contributed by atoms with van der Waals surface area (Å²) in [6.45, 7) is 8.59. The van der Waals surface area contributed by atoms with Gasteiger partial charge in [0.05, 0.1) is 11.9 Å². The first-order valence-electron chi connectivity index (χ1n) is 7.08. The molecule has 1 aromatic rings. The van der Waals surface area contributed by atoms with Crippen LogP contribution in [0.25, 0.3) is 0 Å². The maximum Gasteiger partial charge on any atom is 0.411 e. The molecule has 1 aromatic carbocycles. The van der Waals surface area contributed by atoms with Gasteiger partial charge in [-0.3, -0.25) is 4.90 Å². The van der Waals surface area contributed by atoms with Crippen molar-refractivity contribution >= 4 is 17.9 Å². The lowest BCUT2D eigenvalue weighted by Crippen LogP contribution is -2.34. The Kier molecular flexibility index (Phi) is 4.63. The molecule has 1 heterocycles. The molecule has 2 rings (SSSR count). The van der Waals surface area contributed by atoms with Gasteiger partial charge in [-0.15, -0.1) is 11.8 Å². The van der Waals surface area contributed by atoms with Gasteiger partial charge >= 0.3 is 6.09 Å². The van der Waals surface area contributed by atoms with Gasteiger partial charge in [0.25, 0.3) is 0 Å². The summed E-state index contributed by atoms with van der Waals surface area (Å²) >= 11 is 1.78. The van der Waals surface area contributed by atoms with Gasteiger partial charge in [0.1, 0.15) is 6.10 Å². The first-order chi connectivity index (χ1) is 9.42. The molecule has 0 bridgehead atoms. The molecule has 0 aromatic heterocycles. The molecule has 110 valence electrons. The third kappa shape index (κ3) is 3.48. The van der Waals surface area contributed by atoms with Gasteiger partial charge in [0, 0.05) is 4.75 Å². The third-order valence-electron chi connectivity index (χ3n) is 3.40. The number of hydrogen-bond donors (Lipinski definition) is 0. The van der Waals surface area contributed by atoms with Gasteiger partial charge in [-0.1, -0.05) is 58.0 Å². The van der Waals surface area contributed by atoms with Gasteiger partial charge in [0.2, 0.25) is 0 Å². The van der Waals surface area contributed by atoms with Gasteiger partial charge in [-0.25, -0.2) is 4.79 Å². The molecule has 4 heteroatoms. The van der Waals surface area contributed by atoms with E-state index in [-0.39, 0.29) is 23.0 Å². The van der Waals surface area contributed by atoms with Crippen LogP contribution in [-0.4, -0.2) is 27.7 Å². The van der Waals surface area contributed by atoms with Gasteiger partial charge in [-0.05, 0) is 12.0 Å². The van der Waals surface area contributed by atoms with Crippen molar-refractivity contribution < 1.29 is 9.53 Å². The topological polar surface area (TPSA) is 29.5 Å². The Labute approximate surface area is 125 Å². The highest BCUT2D eigenvalue weighted by Gasteiger charge is 2.41. The average molecular weight is 293 g/mol. The average Bonchev–Trinajstić information content (AvgIpc) is 2.73. The number of rotatable bonds is 4. The molecule has 0 unspecified atom stereocenters. The molecule has 0 saturated carbocycles. The van der Waals surface area contributed by atoms with E-state index >= 15 is 0 Å². The molecule has 2 atom stereocenters. The highest BCUT2D eigenvalue weighted by molar-refractivity contribution is 8.00. The van der Waals surface area contributed by atoms with Crippen LogP contribution < -0.4 is 0 Å². The van der Waals surface area contributed by atoms with Crippen LogP contribution in [-0.2, 0) is 4.74 Å². The fourth-order valence-corrected chi connectivity index (χ4v) is 3.16. The molecule has 1 saturated heterocycles. The van der Waals surface area contributed by atoms with E-state index in [0.29, 0.717) is 5.88 Å². The minimum atomic E-state index is -0.192. The molecule has 1 aliphatic rings. The van der Waals surface area contributed by atoms with E-state index < -0.39 is 0 Å². The van der Waals surface area contributed by atoms with Crippen molar-refractivity contribution in [1.29, 1.82) is 0 Å². The summed E-state index contributed by atoms with van der Waals surface area (Å²) < 4.78 is 5.74. The molecule has 0 aliphatic carbocycles. The van der Waals surface area contributed by atoms with Crippen LogP contribution >= 0.6 is 11.8 Å². The second kappa shape index (κ2) is 6.08. The van der Waals surface area contributed by atoms with E-state index in [0.717, 1.165) is 12.0 Å². The minimum Gasteiger partial charge on any atom is -0.439 e. The first-order valence-corrected chi connectivity index (χ1v) is 8.07. The predicted molar refractivity (Wildman–Crippen MR) is 83.8 cm³/mol. The number of cyclic esters (lactones) is 1. The Hall–Kier alpha value is -1.16. The number of carbonyl (C=O) groups excluding carboxylic acids is 1. The van der Waals surface area contributed by atoms with Gasteiger partial charge in [0.15, 0.2) is 0 Å². The van der Waals surface area contributed by atoms with E-state index in [4.69, 9.17) is 4.74 Å². The Morgan fingerprint density at radius 1 is 1.25 bits per heavy atom. The first kappa shape index (κ1) is 15.2. The maximum absolute atomic E-state index is 12.1. The van der Waals surface area contributed by atoms with Crippen molar-refractivity contribution in [2.75, 3.05) is 5.88 Å². The molecule has 1 amide bonds. The highest BCUT2D eigenvalue weighted by atomic mass is 32.2. The van der Waals surface area contributed by atoms with Crippen LogP contribution in [0.2, 0.25) is 0 Å². The summed E-state index contributed by atoms with van der Waals surface area (Å²) in [6.07, 6.45) is 0.562. The number of nitrogens with zero attached hydrogens (tertiary/aromatic N) is 1. The van der Waals surface area contributed by atoms with Crippen molar-refractivity contribution in [3.8, 4) is 0 Å². The van der Waals surface area contributed by atoms with Crippen molar-refractivity contribution in [3.63, 3.8) is 0 Å². The molecule has 0 spiro atoms. The normalized spacial score (nSPS) is 23.0. The van der Waals surface area contributed by atoms with Crippen molar-refractivity contribution in [3.05, 3.63) is 35.9 Å². The summed E-state index contributed by atoms with van der Waals surface area (Å²) in [5.74, 6) is 0.685. The molecule has 20 heavy (non-hydrogen) atoms. The second-order valence-corrected chi connectivity index (χ2v) is 7.82. The fourth-order valence-electron chi connectivity index (χ4n) is 2.33. The highest BCUT2D eigenvalue weighted by Crippen LogP contribution is 2.36. The van der Waals surface area contributed by atoms with E-state index in [1.165, 1.54) is 0 Å². The van der Waals surface area contributed by atoms with E-state index in [2.05, 4.69) is 27.7 Å². The molecular weight excluding hydrogens is 270 g/mol. The monoisotopic (exact) mass is 293 g/mol. The lowest BCUT2D eigenvalue weighted by Gasteiger charge is -2.26. The Morgan fingerprint density at radius 3 is 2.45 bits per heavy atom. The summed E-state index contributed by atoms with van der Waals surface area (Å²) in [4.78, 5) is 14.0. The molecule has 0 N–H and O–H groups in total. The van der Waals surface area contributed by atoms with Crippen molar-refractivity contribution in [2.24, 2.45) is 0 Å². The second-order valence-electron chi connectivity index (χ2n) is 6.05. The van der Waals surface area contributed by atoms with Gasteiger partial charge < -0.3 is 4.74 Å². The summed E-state index contributed by atoms with van der Waals surface area (Å²) in [6, 6.07) is 10.1. The summed E-state index contributed by atoms with van der Waals surface area (Å²) in [5, 5.41) is 0. The lowest BCUT2D eigenvalue weighted by atomic mass is 10.0.